The van der Waals surface area contributed by atoms with Gasteiger partial charge in [0.1, 0.15) is 5.75 Å². The van der Waals surface area contributed by atoms with Crippen LogP contribution in [0.4, 0.5) is 0 Å². The first-order valence-corrected chi connectivity index (χ1v) is 7.76. The fourth-order valence-corrected chi connectivity index (χ4v) is 2.10. The minimum absolute atomic E-state index is 0.276. The van der Waals surface area contributed by atoms with Crippen molar-refractivity contribution >= 4 is 11.6 Å². The van der Waals surface area contributed by atoms with Gasteiger partial charge in [-0.15, -0.1) is 0 Å². The number of aliphatic hydroxyl groups excluding tert-OH is 1. The van der Waals surface area contributed by atoms with Gasteiger partial charge in [-0.2, -0.15) is 0 Å². The number of rotatable bonds is 10. The lowest BCUT2D eigenvalue weighted by molar-refractivity contribution is 0.273. The first kappa shape index (κ1) is 17.3. The van der Waals surface area contributed by atoms with E-state index >= 15 is 0 Å². The van der Waals surface area contributed by atoms with Crippen molar-refractivity contribution in [3.63, 3.8) is 0 Å². The van der Waals surface area contributed by atoms with Gasteiger partial charge >= 0.3 is 0 Å². The van der Waals surface area contributed by atoms with Gasteiger partial charge in [0.2, 0.25) is 0 Å². The van der Waals surface area contributed by atoms with Gasteiger partial charge in [0.25, 0.3) is 0 Å². The molecule has 0 saturated heterocycles. The third-order valence-corrected chi connectivity index (χ3v) is 3.32. The number of halogens is 1. The molecule has 0 aliphatic carbocycles. The molecule has 0 saturated carbocycles. The number of hydrogen-bond acceptors (Lipinski definition) is 3. The van der Waals surface area contributed by atoms with Crippen LogP contribution in [0, 0.1) is 0 Å². The third-order valence-electron chi connectivity index (χ3n) is 3.02. The van der Waals surface area contributed by atoms with E-state index in [1.165, 1.54) is 5.56 Å². The minimum atomic E-state index is 0.276. The topological polar surface area (TPSA) is 41.5 Å². The number of nitrogens with one attached hydrogen (secondary N) is 1. The highest BCUT2D eigenvalue weighted by Gasteiger charge is 2.03. The molecule has 3 nitrogen and oxygen atoms in total. The fourth-order valence-electron chi connectivity index (χ4n) is 1.84. The molecule has 0 aliphatic heterocycles. The van der Waals surface area contributed by atoms with Crippen molar-refractivity contribution in [2.75, 3.05) is 13.2 Å². The van der Waals surface area contributed by atoms with Crippen molar-refractivity contribution in [1.82, 2.24) is 5.32 Å². The number of aliphatic hydroxyl groups is 1. The van der Waals surface area contributed by atoms with E-state index in [9.17, 15) is 0 Å². The molecular weight excluding hydrogens is 274 g/mol. The Morgan fingerprint density at radius 2 is 1.95 bits per heavy atom. The van der Waals surface area contributed by atoms with E-state index in [1.54, 1.807) is 0 Å². The lowest BCUT2D eigenvalue weighted by atomic mass is 10.2. The number of ether oxygens (including phenoxy) is 1. The van der Waals surface area contributed by atoms with Gasteiger partial charge in [0.05, 0.1) is 11.6 Å². The molecule has 0 spiro atoms. The molecule has 0 fully saturated rings. The average Bonchev–Trinajstić information content (AvgIpc) is 2.42. The molecule has 0 bridgehead atoms. The highest BCUT2D eigenvalue weighted by molar-refractivity contribution is 6.32. The zero-order valence-electron chi connectivity index (χ0n) is 12.5. The van der Waals surface area contributed by atoms with Gasteiger partial charge < -0.3 is 15.2 Å². The van der Waals surface area contributed by atoms with Crippen LogP contribution in [0.15, 0.2) is 18.2 Å². The fraction of sp³-hybridized carbons (Fsp3) is 0.625. The molecule has 0 unspecified atom stereocenters. The van der Waals surface area contributed by atoms with Crippen LogP contribution >= 0.6 is 11.6 Å². The van der Waals surface area contributed by atoms with E-state index in [1.807, 2.05) is 18.2 Å². The van der Waals surface area contributed by atoms with Gasteiger partial charge in [0, 0.05) is 19.2 Å². The molecule has 4 heteroatoms. The molecule has 1 rings (SSSR count). The third kappa shape index (κ3) is 7.13. The van der Waals surface area contributed by atoms with Gasteiger partial charge in [-0.1, -0.05) is 37.9 Å². The Bertz CT molecular complexity index is 383. The maximum absolute atomic E-state index is 8.69. The molecule has 0 aliphatic rings. The Labute approximate surface area is 127 Å². The predicted octanol–water partition coefficient (Wildman–Crippen LogP) is 3.77. The Kier molecular flexibility index (Phi) is 8.67. The Morgan fingerprint density at radius 3 is 2.60 bits per heavy atom. The lowest BCUT2D eigenvalue weighted by Crippen LogP contribution is -2.21. The number of hydrogen-bond donors (Lipinski definition) is 2. The second-order valence-corrected chi connectivity index (χ2v) is 5.69. The summed E-state index contributed by atoms with van der Waals surface area (Å²) in [6.45, 7) is 6.01. The largest absolute Gasteiger partial charge is 0.492 e. The van der Waals surface area contributed by atoms with Crippen molar-refractivity contribution in [2.45, 2.75) is 52.1 Å². The average molecular weight is 300 g/mol. The Hall–Kier alpha value is -0.770. The molecule has 0 heterocycles. The summed E-state index contributed by atoms with van der Waals surface area (Å²) in [6.07, 6.45) is 3.99. The zero-order valence-corrected chi connectivity index (χ0v) is 13.2. The Balaban J connectivity index is 2.32. The van der Waals surface area contributed by atoms with E-state index < -0.39 is 0 Å². The maximum Gasteiger partial charge on any atom is 0.137 e. The van der Waals surface area contributed by atoms with Crippen LogP contribution in [0.2, 0.25) is 5.02 Å². The van der Waals surface area contributed by atoms with Crippen molar-refractivity contribution in [1.29, 1.82) is 0 Å². The molecular formula is C16H26ClNO2. The van der Waals surface area contributed by atoms with E-state index in [0.717, 1.165) is 38.0 Å². The summed E-state index contributed by atoms with van der Waals surface area (Å²) in [5, 5.41) is 12.7. The summed E-state index contributed by atoms with van der Waals surface area (Å²) in [5.41, 5.74) is 1.17. The Morgan fingerprint density at radius 1 is 1.20 bits per heavy atom. The SMILES string of the molecule is CC(C)NCc1ccc(OCCCCCCO)c(Cl)c1. The van der Waals surface area contributed by atoms with E-state index in [4.69, 9.17) is 21.4 Å². The second kappa shape index (κ2) is 10.0. The quantitative estimate of drug-likeness (QED) is 0.646. The van der Waals surface area contributed by atoms with Crippen molar-refractivity contribution in [3.8, 4) is 5.75 Å². The molecule has 1 aromatic rings. The molecule has 20 heavy (non-hydrogen) atoms. The first-order chi connectivity index (χ1) is 9.63. The molecule has 0 atom stereocenters. The second-order valence-electron chi connectivity index (χ2n) is 5.29. The summed E-state index contributed by atoms with van der Waals surface area (Å²) in [5.74, 6) is 0.752. The van der Waals surface area contributed by atoms with E-state index in [0.29, 0.717) is 17.7 Å². The van der Waals surface area contributed by atoms with Crippen LogP contribution in [-0.2, 0) is 6.54 Å². The normalized spacial score (nSPS) is 11.1. The minimum Gasteiger partial charge on any atom is -0.492 e. The maximum atomic E-state index is 8.69. The van der Waals surface area contributed by atoms with Gasteiger partial charge in [0.15, 0.2) is 0 Å². The van der Waals surface area contributed by atoms with E-state index in [2.05, 4.69) is 19.2 Å². The van der Waals surface area contributed by atoms with E-state index in [-0.39, 0.29) is 6.61 Å². The lowest BCUT2D eigenvalue weighted by Gasteiger charge is -2.11. The van der Waals surface area contributed by atoms with Crippen LogP contribution in [0.5, 0.6) is 5.75 Å². The van der Waals surface area contributed by atoms with Crippen LogP contribution in [0.1, 0.15) is 45.1 Å². The van der Waals surface area contributed by atoms with Crippen LogP contribution < -0.4 is 10.1 Å². The molecule has 0 aromatic heterocycles. The molecule has 2 N–H and O–H groups in total. The highest BCUT2D eigenvalue weighted by Crippen LogP contribution is 2.25. The summed E-state index contributed by atoms with van der Waals surface area (Å²) in [6, 6.07) is 6.40. The molecule has 1 aromatic carbocycles. The van der Waals surface area contributed by atoms with Gasteiger partial charge in [-0.05, 0) is 37.0 Å². The van der Waals surface area contributed by atoms with Crippen LogP contribution in [-0.4, -0.2) is 24.4 Å². The number of unbranched alkanes of at least 4 members (excludes halogenated alkanes) is 3. The summed E-state index contributed by atoms with van der Waals surface area (Å²) >= 11 is 6.22. The first-order valence-electron chi connectivity index (χ1n) is 7.39. The molecule has 0 amide bonds. The predicted molar refractivity (Wildman–Crippen MR) is 84.5 cm³/mol. The van der Waals surface area contributed by atoms with Crippen molar-refractivity contribution in [3.05, 3.63) is 28.8 Å². The standard InChI is InChI=1S/C16H26ClNO2/c1-13(2)18-12-14-7-8-16(15(17)11-14)20-10-6-4-3-5-9-19/h7-8,11,13,18-19H,3-6,9-10,12H2,1-2H3. The molecule has 0 radical (unpaired) electrons. The van der Waals surface area contributed by atoms with Crippen LogP contribution in [0.3, 0.4) is 0 Å². The smallest absolute Gasteiger partial charge is 0.137 e. The number of benzene rings is 1. The van der Waals surface area contributed by atoms with Gasteiger partial charge in [-0.3, -0.25) is 0 Å². The monoisotopic (exact) mass is 299 g/mol. The highest BCUT2D eigenvalue weighted by atomic mass is 35.5. The zero-order chi connectivity index (χ0) is 14.8. The van der Waals surface area contributed by atoms with Gasteiger partial charge in [-0.25, -0.2) is 0 Å². The van der Waals surface area contributed by atoms with Crippen LogP contribution in [0.25, 0.3) is 0 Å². The van der Waals surface area contributed by atoms with Crippen molar-refractivity contribution < 1.29 is 9.84 Å². The summed E-state index contributed by atoms with van der Waals surface area (Å²) in [4.78, 5) is 0. The molecule has 114 valence electrons. The summed E-state index contributed by atoms with van der Waals surface area (Å²) < 4.78 is 5.68. The summed E-state index contributed by atoms with van der Waals surface area (Å²) in [7, 11) is 0. The van der Waals surface area contributed by atoms with Crippen molar-refractivity contribution in [2.24, 2.45) is 0 Å².